The number of rotatable bonds is 5. The molecule has 2 aromatic heterocycles. The van der Waals surface area contributed by atoms with Crippen molar-refractivity contribution in [3.05, 3.63) is 65.2 Å². The van der Waals surface area contributed by atoms with E-state index in [-0.39, 0.29) is 17.4 Å². The molecule has 0 spiro atoms. The monoisotopic (exact) mass is 366 g/mol. The quantitative estimate of drug-likeness (QED) is 0.696. The predicted molar refractivity (Wildman–Crippen MR) is 95.2 cm³/mol. The Morgan fingerprint density at radius 1 is 1.22 bits per heavy atom. The lowest BCUT2D eigenvalue weighted by molar-refractivity contribution is 0.0598. The lowest BCUT2D eigenvalue weighted by atomic mass is 10.1. The summed E-state index contributed by atoms with van der Waals surface area (Å²) in [5, 5.41) is 17.8. The van der Waals surface area contributed by atoms with Gasteiger partial charge >= 0.3 is 11.9 Å². The van der Waals surface area contributed by atoms with E-state index in [4.69, 9.17) is 4.74 Å². The van der Waals surface area contributed by atoms with Crippen molar-refractivity contribution in [2.45, 2.75) is 18.3 Å². The number of esters is 1. The van der Waals surface area contributed by atoms with E-state index in [1.54, 1.807) is 27.6 Å². The maximum Gasteiger partial charge on any atom is 0.341 e. The third kappa shape index (κ3) is 2.99. The van der Waals surface area contributed by atoms with Crippen molar-refractivity contribution in [2.24, 2.45) is 7.05 Å². The van der Waals surface area contributed by atoms with Gasteiger partial charge in [-0.05, 0) is 36.1 Å². The zero-order valence-electron chi connectivity index (χ0n) is 14.9. The van der Waals surface area contributed by atoms with Gasteiger partial charge in [-0.3, -0.25) is 4.68 Å². The second kappa shape index (κ2) is 6.39. The van der Waals surface area contributed by atoms with Gasteiger partial charge in [0, 0.05) is 19.2 Å². The van der Waals surface area contributed by atoms with Gasteiger partial charge in [0.25, 0.3) is 0 Å². The molecule has 1 aliphatic rings. The van der Waals surface area contributed by atoms with Crippen LogP contribution in [0.4, 0.5) is 0 Å². The van der Waals surface area contributed by atoms with E-state index < -0.39 is 11.9 Å². The summed E-state index contributed by atoms with van der Waals surface area (Å²) < 4.78 is 8.30. The van der Waals surface area contributed by atoms with Crippen molar-refractivity contribution in [3.8, 4) is 5.69 Å². The number of aryl methyl sites for hydroxylation is 1. The third-order valence-electron chi connectivity index (χ3n) is 4.84. The van der Waals surface area contributed by atoms with Crippen LogP contribution < -0.4 is 0 Å². The van der Waals surface area contributed by atoms with Crippen molar-refractivity contribution in [1.29, 1.82) is 0 Å². The molecule has 1 saturated carbocycles. The largest absolute Gasteiger partial charge is 0.478 e. The number of carbonyl (C=O) groups excluding carboxylic acids is 1. The third-order valence-corrected chi connectivity index (χ3v) is 4.84. The molecule has 2 heterocycles. The number of aromatic carboxylic acids is 1. The fraction of sp³-hybridized carbons (Fsp3) is 0.263. The molecule has 3 aromatic rings. The van der Waals surface area contributed by atoms with Crippen molar-refractivity contribution in [2.75, 3.05) is 7.11 Å². The molecule has 1 N–H and O–H groups in total. The van der Waals surface area contributed by atoms with Crippen LogP contribution in [0.2, 0.25) is 0 Å². The van der Waals surface area contributed by atoms with Gasteiger partial charge < -0.3 is 9.84 Å². The van der Waals surface area contributed by atoms with Gasteiger partial charge in [-0.15, -0.1) is 0 Å². The molecule has 1 aromatic carbocycles. The average molecular weight is 366 g/mol. The summed E-state index contributed by atoms with van der Waals surface area (Å²) in [7, 11) is 3.20. The van der Waals surface area contributed by atoms with Crippen molar-refractivity contribution in [1.82, 2.24) is 19.6 Å². The Bertz CT molecular complexity index is 1040. The van der Waals surface area contributed by atoms with Crippen LogP contribution in [-0.4, -0.2) is 43.7 Å². The Hall–Kier alpha value is -3.42. The number of ether oxygens (including phenoxy) is 1. The molecule has 0 radical (unpaired) electrons. The molecule has 8 heteroatoms. The lowest BCUT2D eigenvalue weighted by Gasteiger charge is -2.10. The number of aromatic nitrogens is 4. The van der Waals surface area contributed by atoms with Gasteiger partial charge in [-0.2, -0.15) is 10.2 Å². The molecular weight excluding hydrogens is 348 g/mol. The average Bonchev–Trinajstić information content (AvgIpc) is 3.12. The van der Waals surface area contributed by atoms with E-state index in [0.717, 1.165) is 17.7 Å². The van der Waals surface area contributed by atoms with Gasteiger partial charge in [0.05, 0.1) is 36.4 Å². The van der Waals surface area contributed by atoms with Crippen molar-refractivity contribution < 1.29 is 19.4 Å². The number of carbonyl (C=O) groups is 2. The summed E-state index contributed by atoms with van der Waals surface area (Å²) in [6.07, 6.45) is 6.13. The van der Waals surface area contributed by atoms with Crippen LogP contribution in [0, 0.1) is 0 Å². The fourth-order valence-corrected chi connectivity index (χ4v) is 3.46. The van der Waals surface area contributed by atoms with Crippen LogP contribution >= 0.6 is 0 Å². The number of nitrogens with zero attached hydrogens (tertiary/aromatic N) is 4. The van der Waals surface area contributed by atoms with Gasteiger partial charge in [0.1, 0.15) is 5.56 Å². The number of hydrogen-bond donors (Lipinski definition) is 1. The molecule has 2 atom stereocenters. The number of carboxylic acids is 1. The maximum absolute atomic E-state index is 12.2. The lowest BCUT2D eigenvalue weighted by Crippen LogP contribution is -2.08. The number of carboxylic acid groups (broad SMARTS) is 1. The Morgan fingerprint density at radius 3 is 2.70 bits per heavy atom. The molecule has 138 valence electrons. The summed E-state index contributed by atoms with van der Waals surface area (Å²) in [6.45, 7) is 0. The SMILES string of the molecule is COC(=O)c1cnn(-c2cccc(C(=O)O)c2)c1[C@@H]1C[C@H]1c1cnn(C)c1. The first-order valence-corrected chi connectivity index (χ1v) is 8.48. The molecule has 1 aliphatic carbocycles. The minimum absolute atomic E-state index is 0.0827. The zero-order valence-corrected chi connectivity index (χ0v) is 14.9. The molecule has 8 nitrogen and oxygen atoms in total. The summed E-state index contributed by atoms with van der Waals surface area (Å²) in [6, 6.07) is 6.49. The standard InChI is InChI=1S/C19H18N4O4/c1-22-10-12(8-20-22)14-7-15(14)17-16(19(26)27-2)9-21-23(17)13-5-3-4-11(6-13)18(24)25/h3-6,8-10,14-15H,7H2,1-2H3,(H,24,25)/t14-,15+/m0/s1. The zero-order chi connectivity index (χ0) is 19.1. The van der Waals surface area contributed by atoms with Crippen molar-refractivity contribution >= 4 is 11.9 Å². The minimum atomic E-state index is -1.02. The molecule has 1 fully saturated rings. The van der Waals surface area contributed by atoms with E-state index in [2.05, 4.69) is 10.2 Å². The van der Waals surface area contributed by atoms with Gasteiger partial charge in [-0.25, -0.2) is 14.3 Å². The summed E-state index contributed by atoms with van der Waals surface area (Å²) in [5.41, 5.74) is 2.99. The second-order valence-electron chi connectivity index (χ2n) is 6.60. The van der Waals surface area contributed by atoms with Crippen LogP contribution in [0.15, 0.2) is 42.9 Å². The smallest absolute Gasteiger partial charge is 0.341 e. The summed E-state index contributed by atoms with van der Waals surface area (Å²) in [4.78, 5) is 23.5. The summed E-state index contributed by atoms with van der Waals surface area (Å²) >= 11 is 0. The molecule has 27 heavy (non-hydrogen) atoms. The summed E-state index contributed by atoms with van der Waals surface area (Å²) in [5.74, 6) is -1.15. The van der Waals surface area contributed by atoms with E-state index in [9.17, 15) is 14.7 Å². The highest BCUT2D eigenvalue weighted by Gasteiger charge is 2.45. The maximum atomic E-state index is 12.2. The number of hydrogen-bond acceptors (Lipinski definition) is 5. The Morgan fingerprint density at radius 2 is 2.04 bits per heavy atom. The minimum Gasteiger partial charge on any atom is -0.478 e. The second-order valence-corrected chi connectivity index (χ2v) is 6.60. The molecule has 4 rings (SSSR count). The van der Waals surface area contributed by atoms with Gasteiger partial charge in [0.2, 0.25) is 0 Å². The number of methoxy groups -OCH3 is 1. The first-order valence-electron chi connectivity index (χ1n) is 8.48. The number of benzene rings is 1. The van der Waals surface area contributed by atoms with Gasteiger partial charge in [-0.1, -0.05) is 6.07 Å². The van der Waals surface area contributed by atoms with Crippen molar-refractivity contribution in [3.63, 3.8) is 0 Å². The molecule has 0 unspecified atom stereocenters. The van der Waals surface area contributed by atoms with Crippen LogP contribution in [0.5, 0.6) is 0 Å². The first kappa shape index (κ1) is 17.0. The van der Waals surface area contributed by atoms with Crippen LogP contribution in [0.25, 0.3) is 5.69 Å². The molecular formula is C19H18N4O4. The van der Waals surface area contributed by atoms with Crippen LogP contribution in [0.3, 0.4) is 0 Å². The Kier molecular flexibility index (Phi) is 4.02. The van der Waals surface area contributed by atoms with E-state index >= 15 is 0 Å². The fourth-order valence-electron chi connectivity index (χ4n) is 3.46. The van der Waals surface area contributed by atoms with E-state index in [1.165, 1.54) is 19.4 Å². The van der Waals surface area contributed by atoms with Crippen LogP contribution in [0.1, 0.15) is 50.2 Å². The molecule has 0 amide bonds. The van der Waals surface area contributed by atoms with Gasteiger partial charge in [0.15, 0.2) is 0 Å². The van der Waals surface area contributed by atoms with E-state index in [0.29, 0.717) is 11.3 Å². The molecule has 0 aliphatic heterocycles. The molecule has 0 bridgehead atoms. The normalized spacial score (nSPS) is 18.3. The van der Waals surface area contributed by atoms with Crippen LogP contribution in [-0.2, 0) is 11.8 Å². The predicted octanol–water partition coefficient (Wildman–Crippen LogP) is 2.36. The highest BCUT2D eigenvalue weighted by Crippen LogP contribution is 2.55. The topological polar surface area (TPSA) is 99.2 Å². The van der Waals surface area contributed by atoms with E-state index in [1.807, 2.05) is 19.4 Å². The molecule has 0 saturated heterocycles. The Balaban J connectivity index is 1.78. The highest BCUT2D eigenvalue weighted by molar-refractivity contribution is 5.91. The Labute approximate surface area is 155 Å². The first-order chi connectivity index (χ1) is 13.0. The highest BCUT2D eigenvalue weighted by atomic mass is 16.5.